The summed E-state index contributed by atoms with van der Waals surface area (Å²) >= 11 is 0. The summed E-state index contributed by atoms with van der Waals surface area (Å²) in [5.74, 6) is 0. The summed E-state index contributed by atoms with van der Waals surface area (Å²) in [5, 5.41) is 7.27. The Morgan fingerprint density at radius 1 is 1.19 bits per heavy atom. The first kappa shape index (κ1) is 20.8. The maximum atomic E-state index is 12.0. The zero-order valence-electron chi connectivity index (χ0n) is 17.5. The van der Waals surface area contributed by atoms with E-state index in [2.05, 4.69) is 10.4 Å². The number of carbonyl (C=O) groups is 1. The van der Waals surface area contributed by atoms with E-state index >= 15 is 0 Å². The Balaban J connectivity index is 2.01. The molecule has 1 N–H and O–H groups in total. The normalized spacial score (nSPS) is 19.5. The van der Waals surface area contributed by atoms with Gasteiger partial charge in [-0.25, -0.2) is 4.79 Å². The predicted octanol–water partition coefficient (Wildman–Crippen LogP) is 2.49. The highest BCUT2D eigenvalue weighted by Crippen LogP contribution is 2.36. The van der Waals surface area contributed by atoms with E-state index in [4.69, 9.17) is 14.0 Å². The molecule has 1 aliphatic rings. The van der Waals surface area contributed by atoms with Crippen LogP contribution >= 0.6 is 0 Å². The molecule has 146 valence electrons. The van der Waals surface area contributed by atoms with Crippen molar-refractivity contribution >= 4 is 18.7 Å². The van der Waals surface area contributed by atoms with Crippen LogP contribution in [0.4, 0.5) is 4.79 Å². The van der Waals surface area contributed by atoms with E-state index in [0.717, 1.165) is 5.46 Å². The number of ether oxygens (including phenoxy) is 1. The fraction of sp³-hybridized carbons (Fsp3) is 0.778. The van der Waals surface area contributed by atoms with Gasteiger partial charge in [-0.3, -0.25) is 4.68 Å². The number of aromatic nitrogens is 2. The van der Waals surface area contributed by atoms with Gasteiger partial charge in [-0.05, 0) is 62.3 Å². The van der Waals surface area contributed by atoms with Crippen molar-refractivity contribution in [1.82, 2.24) is 15.1 Å². The molecule has 0 atom stereocenters. The van der Waals surface area contributed by atoms with Crippen LogP contribution in [0.5, 0.6) is 0 Å². The van der Waals surface area contributed by atoms with Crippen LogP contribution in [-0.2, 0) is 20.6 Å². The third kappa shape index (κ3) is 5.01. The third-order valence-electron chi connectivity index (χ3n) is 4.58. The fourth-order valence-electron chi connectivity index (χ4n) is 2.59. The maximum Gasteiger partial charge on any atom is 0.498 e. The zero-order valence-corrected chi connectivity index (χ0v) is 17.5. The molecular formula is C18H32BN3O4. The Kier molecular flexibility index (Phi) is 5.25. The standard InChI is InChI=1S/C18H32BN3O4/c1-15(2,3)24-14(23)21-16(4,5)12-22-11-13(10-20-22)19-25-17(6,7)18(8,9)26-19/h10-11H,12H2,1-9H3,(H,21,23). The van der Waals surface area contributed by atoms with E-state index in [-0.39, 0.29) is 0 Å². The minimum Gasteiger partial charge on any atom is -0.444 e. The van der Waals surface area contributed by atoms with Crippen molar-refractivity contribution in [3.05, 3.63) is 12.4 Å². The quantitative estimate of drug-likeness (QED) is 0.830. The molecule has 1 amide bonds. The molecule has 2 rings (SSSR count). The molecule has 0 aromatic carbocycles. The molecule has 0 aliphatic carbocycles. The topological polar surface area (TPSA) is 74.6 Å². The van der Waals surface area contributed by atoms with E-state index in [9.17, 15) is 4.79 Å². The summed E-state index contributed by atoms with van der Waals surface area (Å²) in [6.07, 6.45) is 3.19. The Labute approximate surface area is 156 Å². The van der Waals surface area contributed by atoms with Gasteiger partial charge in [0.25, 0.3) is 0 Å². The second-order valence-electron chi connectivity index (χ2n) is 9.57. The first-order chi connectivity index (χ1) is 11.6. The highest BCUT2D eigenvalue weighted by atomic mass is 16.7. The maximum absolute atomic E-state index is 12.0. The lowest BCUT2D eigenvalue weighted by atomic mass is 9.82. The lowest BCUT2D eigenvalue weighted by Gasteiger charge is -2.32. The molecule has 0 saturated carbocycles. The first-order valence-corrected chi connectivity index (χ1v) is 8.99. The number of alkyl carbamates (subject to hydrolysis) is 1. The molecular weight excluding hydrogens is 333 g/mol. The number of nitrogens with zero attached hydrogens (tertiary/aromatic N) is 2. The van der Waals surface area contributed by atoms with Crippen molar-refractivity contribution in [2.45, 2.75) is 91.2 Å². The van der Waals surface area contributed by atoms with E-state index < -0.39 is 35.6 Å². The number of rotatable bonds is 4. The van der Waals surface area contributed by atoms with Crippen LogP contribution in [-0.4, -0.2) is 45.3 Å². The van der Waals surface area contributed by atoms with E-state index in [1.54, 1.807) is 10.9 Å². The summed E-state index contributed by atoms with van der Waals surface area (Å²) in [6.45, 7) is 17.9. The number of nitrogens with one attached hydrogen (secondary N) is 1. The highest BCUT2D eigenvalue weighted by molar-refractivity contribution is 6.61. The molecule has 0 radical (unpaired) electrons. The molecule has 1 aliphatic heterocycles. The number of amides is 1. The summed E-state index contributed by atoms with van der Waals surface area (Å²) in [7, 11) is -0.448. The number of hydrogen-bond acceptors (Lipinski definition) is 5. The van der Waals surface area contributed by atoms with Gasteiger partial charge in [0.05, 0.1) is 23.3 Å². The van der Waals surface area contributed by atoms with Crippen LogP contribution in [0.15, 0.2) is 12.4 Å². The van der Waals surface area contributed by atoms with Crippen LogP contribution in [0.2, 0.25) is 0 Å². The van der Waals surface area contributed by atoms with Gasteiger partial charge in [0.2, 0.25) is 0 Å². The van der Waals surface area contributed by atoms with Gasteiger partial charge in [0.15, 0.2) is 0 Å². The lowest BCUT2D eigenvalue weighted by Crippen LogP contribution is -2.48. The van der Waals surface area contributed by atoms with Gasteiger partial charge in [-0.15, -0.1) is 0 Å². The van der Waals surface area contributed by atoms with E-state index in [1.807, 2.05) is 68.5 Å². The molecule has 1 aromatic rings. The molecule has 0 spiro atoms. The van der Waals surface area contributed by atoms with Crippen molar-refractivity contribution in [1.29, 1.82) is 0 Å². The molecule has 1 saturated heterocycles. The molecule has 0 unspecified atom stereocenters. The molecule has 8 heteroatoms. The Morgan fingerprint density at radius 3 is 2.23 bits per heavy atom. The molecule has 1 fully saturated rings. The zero-order chi connectivity index (χ0) is 20.0. The lowest BCUT2D eigenvalue weighted by molar-refractivity contribution is 0.00578. The average molecular weight is 365 g/mol. The molecule has 7 nitrogen and oxygen atoms in total. The summed E-state index contributed by atoms with van der Waals surface area (Å²) < 4.78 is 19.2. The van der Waals surface area contributed by atoms with Gasteiger partial charge < -0.3 is 19.4 Å². The summed E-state index contributed by atoms with van der Waals surface area (Å²) in [5.41, 5.74) is -0.983. The summed E-state index contributed by atoms with van der Waals surface area (Å²) in [6, 6.07) is 0. The van der Waals surface area contributed by atoms with Crippen molar-refractivity contribution < 1.29 is 18.8 Å². The SMILES string of the molecule is CC(C)(Cn1cc(B2OC(C)(C)C(C)(C)O2)cn1)NC(=O)OC(C)(C)C. The van der Waals surface area contributed by atoms with Crippen LogP contribution in [0.3, 0.4) is 0 Å². The largest absolute Gasteiger partial charge is 0.498 e. The van der Waals surface area contributed by atoms with Crippen LogP contribution < -0.4 is 10.8 Å². The van der Waals surface area contributed by atoms with Gasteiger partial charge in [-0.2, -0.15) is 5.10 Å². The fourth-order valence-corrected chi connectivity index (χ4v) is 2.59. The third-order valence-corrected chi connectivity index (χ3v) is 4.58. The summed E-state index contributed by atoms with van der Waals surface area (Å²) in [4.78, 5) is 12.0. The average Bonchev–Trinajstić information content (AvgIpc) is 2.88. The van der Waals surface area contributed by atoms with E-state index in [1.165, 1.54) is 0 Å². The number of carbonyl (C=O) groups excluding carboxylic acids is 1. The molecule has 2 heterocycles. The minimum atomic E-state index is -0.532. The number of hydrogen-bond donors (Lipinski definition) is 1. The van der Waals surface area contributed by atoms with Crippen molar-refractivity contribution in [3.63, 3.8) is 0 Å². The van der Waals surface area contributed by atoms with Crippen molar-refractivity contribution in [3.8, 4) is 0 Å². The van der Waals surface area contributed by atoms with Crippen LogP contribution in [0, 0.1) is 0 Å². The second-order valence-corrected chi connectivity index (χ2v) is 9.57. The molecule has 1 aromatic heterocycles. The Morgan fingerprint density at radius 2 is 1.73 bits per heavy atom. The minimum absolute atomic E-state index is 0.392. The van der Waals surface area contributed by atoms with Crippen molar-refractivity contribution in [2.75, 3.05) is 0 Å². The predicted molar refractivity (Wildman–Crippen MR) is 101 cm³/mol. The van der Waals surface area contributed by atoms with Gasteiger partial charge in [0, 0.05) is 17.9 Å². The first-order valence-electron chi connectivity index (χ1n) is 8.99. The Bertz CT molecular complexity index is 646. The molecule has 0 bridgehead atoms. The Hall–Kier alpha value is -1.54. The second kappa shape index (κ2) is 6.57. The van der Waals surface area contributed by atoms with Crippen LogP contribution in [0.1, 0.15) is 62.3 Å². The highest BCUT2D eigenvalue weighted by Gasteiger charge is 2.52. The van der Waals surface area contributed by atoms with Crippen LogP contribution in [0.25, 0.3) is 0 Å². The van der Waals surface area contributed by atoms with Gasteiger partial charge in [0.1, 0.15) is 5.60 Å². The smallest absolute Gasteiger partial charge is 0.444 e. The monoisotopic (exact) mass is 365 g/mol. The van der Waals surface area contributed by atoms with Crippen molar-refractivity contribution in [2.24, 2.45) is 0 Å². The molecule has 26 heavy (non-hydrogen) atoms. The van der Waals surface area contributed by atoms with Gasteiger partial charge in [-0.1, -0.05) is 0 Å². The van der Waals surface area contributed by atoms with Gasteiger partial charge >= 0.3 is 13.2 Å². The van der Waals surface area contributed by atoms with E-state index in [0.29, 0.717) is 6.54 Å².